The Bertz CT molecular complexity index is 903. The van der Waals surface area contributed by atoms with Gasteiger partial charge in [0.15, 0.2) is 5.82 Å². The Kier molecular flexibility index (Phi) is 5.07. The van der Waals surface area contributed by atoms with Crippen LogP contribution in [0.2, 0.25) is 0 Å². The Balaban J connectivity index is 1.98. The summed E-state index contributed by atoms with van der Waals surface area (Å²) in [5.41, 5.74) is 11.3. The average molecular weight is 348 g/mol. The fraction of sp³-hybridized carbons (Fsp3) is 0.238. The molecule has 0 fully saturated rings. The smallest absolute Gasteiger partial charge is 0.248 e. The second kappa shape index (κ2) is 7.44. The van der Waals surface area contributed by atoms with Crippen molar-refractivity contribution in [1.82, 2.24) is 9.97 Å². The highest BCUT2D eigenvalue weighted by Crippen LogP contribution is 2.35. The number of aryl methyl sites for hydroxylation is 3. The number of ether oxygens (including phenoxy) is 1. The largest absolute Gasteiger partial charge is 0.437 e. The van der Waals surface area contributed by atoms with Gasteiger partial charge >= 0.3 is 0 Å². The van der Waals surface area contributed by atoms with E-state index in [0.29, 0.717) is 17.4 Å². The molecule has 26 heavy (non-hydrogen) atoms. The molecule has 134 valence electrons. The second-order valence-electron chi connectivity index (χ2n) is 6.42. The van der Waals surface area contributed by atoms with E-state index in [2.05, 4.69) is 46.9 Å². The quantitative estimate of drug-likeness (QED) is 0.708. The first-order chi connectivity index (χ1) is 12.5. The van der Waals surface area contributed by atoms with E-state index in [-0.39, 0.29) is 0 Å². The average Bonchev–Trinajstić information content (AvgIpc) is 2.58. The Morgan fingerprint density at radius 2 is 1.69 bits per heavy atom. The molecule has 0 unspecified atom stereocenters. The molecule has 0 saturated carbocycles. The zero-order valence-electron chi connectivity index (χ0n) is 15.7. The van der Waals surface area contributed by atoms with Gasteiger partial charge in [0, 0.05) is 12.2 Å². The van der Waals surface area contributed by atoms with Gasteiger partial charge in [0.25, 0.3) is 0 Å². The molecular weight excluding hydrogens is 324 g/mol. The third kappa shape index (κ3) is 3.77. The van der Waals surface area contributed by atoms with Crippen LogP contribution in [0.1, 0.15) is 23.6 Å². The molecule has 3 rings (SSSR count). The minimum absolute atomic E-state index is 0.367. The molecule has 0 aliphatic rings. The molecule has 2 aromatic carbocycles. The molecule has 0 aliphatic heterocycles. The molecule has 0 radical (unpaired) electrons. The molecule has 0 spiro atoms. The van der Waals surface area contributed by atoms with Crippen molar-refractivity contribution in [3.63, 3.8) is 0 Å². The summed E-state index contributed by atoms with van der Waals surface area (Å²) in [4.78, 5) is 10.7. The topological polar surface area (TPSA) is 64.3 Å². The summed E-state index contributed by atoms with van der Waals surface area (Å²) in [7, 11) is 0. The number of nitrogens with two attached hydrogens (primary N) is 1. The van der Waals surface area contributed by atoms with Crippen molar-refractivity contribution in [2.45, 2.75) is 27.7 Å². The van der Waals surface area contributed by atoms with Crippen molar-refractivity contribution in [2.24, 2.45) is 0 Å². The van der Waals surface area contributed by atoms with E-state index < -0.39 is 0 Å². The number of benzene rings is 2. The predicted molar refractivity (Wildman–Crippen MR) is 106 cm³/mol. The normalized spacial score (nSPS) is 10.6. The number of rotatable bonds is 5. The maximum atomic E-state index is 6.37. The first kappa shape index (κ1) is 17.7. The molecule has 5 heteroatoms. The highest BCUT2D eigenvalue weighted by Gasteiger charge is 2.17. The molecule has 0 aliphatic carbocycles. The van der Waals surface area contributed by atoms with Crippen LogP contribution >= 0.6 is 0 Å². The summed E-state index contributed by atoms with van der Waals surface area (Å²) in [6.45, 7) is 8.92. The van der Waals surface area contributed by atoms with Crippen molar-refractivity contribution in [3.05, 3.63) is 65.5 Å². The first-order valence-electron chi connectivity index (χ1n) is 8.68. The Labute approximate surface area is 154 Å². The summed E-state index contributed by atoms with van der Waals surface area (Å²) in [6.07, 6.45) is 1.49. The van der Waals surface area contributed by atoms with E-state index in [9.17, 15) is 0 Å². The van der Waals surface area contributed by atoms with Crippen molar-refractivity contribution in [3.8, 4) is 11.6 Å². The van der Waals surface area contributed by atoms with E-state index in [0.717, 1.165) is 29.1 Å². The van der Waals surface area contributed by atoms with Gasteiger partial charge in [-0.1, -0.05) is 18.2 Å². The van der Waals surface area contributed by atoms with Crippen LogP contribution in [0.4, 0.5) is 17.2 Å². The highest BCUT2D eigenvalue weighted by molar-refractivity contribution is 5.74. The van der Waals surface area contributed by atoms with Crippen LogP contribution in [0, 0.1) is 20.8 Å². The van der Waals surface area contributed by atoms with Crippen LogP contribution in [0.25, 0.3) is 0 Å². The minimum Gasteiger partial charge on any atom is -0.437 e. The van der Waals surface area contributed by atoms with Crippen molar-refractivity contribution < 1.29 is 4.74 Å². The van der Waals surface area contributed by atoms with Gasteiger partial charge in [-0.25, -0.2) is 4.98 Å². The Hall–Kier alpha value is -3.08. The number of hydrogen-bond donors (Lipinski definition) is 1. The van der Waals surface area contributed by atoms with E-state index in [1.54, 1.807) is 0 Å². The number of anilines is 3. The highest BCUT2D eigenvalue weighted by atomic mass is 16.5. The molecule has 1 aromatic heterocycles. The third-order valence-corrected chi connectivity index (χ3v) is 4.12. The zero-order valence-corrected chi connectivity index (χ0v) is 15.7. The summed E-state index contributed by atoms with van der Waals surface area (Å²) in [5.74, 6) is 1.73. The predicted octanol–water partition coefficient (Wildman–Crippen LogP) is 4.93. The maximum absolute atomic E-state index is 6.37. The van der Waals surface area contributed by atoms with E-state index >= 15 is 0 Å². The van der Waals surface area contributed by atoms with Crippen LogP contribution < -0.4 is 15.4 Å². The van der Waals surface area contributed by atoms with E-state index in [4.69, 9.17) is 10.5 Å². The van der Waals surface area contributed by atoms with Gasteiger partial charge in [-0.05, 0) is 68.7 Å². The zero-order chi connectivity index (χ0) is 18.7. The molecule has 0 bridgehead atoms. The van der Waals surface area contributed by atoms with Crippen molar-refractivity contribution in [2.75, 3.05) is 17.2 Å². The van der Waals surface area contributed by atoms with Crippen molar-refractivity contribution in [1.29, 1.82) is 0 Å². The molecule has 3 aromatic rings. The first-order valence-corrected chi connectivity index (χ1v) is 8.68. The van der Waals surface area contributed by atoms with Crippen LogP contribution in [0.15, 0.2) is 48.8 Å². The molecule has 0 amide bonds. The summed E-state index contributed by atoms with van der Waals surface area (Å²) in [6, 6.07) is 14.3. The van der Waals surface area contributed by atoms with Gasteiger partial charge in [0.1, 0.15) is 17.8 Å². The van der Waals surface area contributed by atoms with Gasteiger partial charge < -0.3 is 15.4 Å². The third-order valence-electron chi connectivity index (χ3n) is 4.12. The number of nitrogen functional groups attached to an aromatic ring is 1. The fourth-order valence-corrected chi connectivity index (χ4v) is 3.02. The van der Waals surface area contributed by atoms with Crippen LogP contribution in [-0.4, -0.2) is 16.5 Å². The monoisotopic (exact) mass is 348 g/mol. The SMILES string of the molecule is CCN(c1cccc(C)c1)c1ncnc(Oc2cc(C)cc(C)c2)c1N. The standard InChI is InChI=1S/C21H24N4O/c1-5-25(17-8-6-7-14(2)10-17)20-19(22)21(24-13-23-20)26-18-11-15(3)9-16(4)12-18/h6-13H,5,22H2,1-4H3. The fourth-order valence-electron chi connectivity index (χ4n) is 3.02. The Morgan fingerprint density at radius 3 is 2.35 bits per heavy atom. The van der Waals surface area contributed by atoms with Crippen LogP contribution in [0.5, 0.6) is 11.6 Å². The van der Waals surface area contributed by atoms with Gasteiger partial charge in [0.05, 0.1) is 0 Å². The van der Waals surface area contributed by atoms with Gasteiger partial charge in [0.2, 0.25) is 5.88 Å². The number of hydrogen-bond acceptors (Lipinski definition) is 5. The van der Waals surface area contributed by atoms with E-state index in [1.165, 1.54) is 11.9 Å². The lowest BCUT2D eigenvalue weighted by molar-refractivity contribution is 0.463. The van der Waals surface area contributed by atoms with Gasteiger partial charge in [-0.3, -0.25) is 0 Å². The Morgan fingerprint density at radius 1 is 0.962 bits per heavy atom. The lowest BCUT2D eigenvalue weighted by atomic mass is 10.1. The van der Waals surface area contributed by atoms with E-state index in [1.807, 2.05) is 38.1 Å². The number of aromatic nitrogens is 2. The summed E-state index contributed by atoms with van der Waals surface area (Å²) >= 11 is 0. The molecular formula is C21H24N4O. The minimum atomic E-state index is 0.367. The lowest BCUT2D eigenvalue weighted by Crippen LogP contribution is -2.19. The van der Waals surface area contributed by atoms with Gasteiger partial charge in [-0.15, -0.1) is 0 Å². The second-order valence-corrected chi connectivity index (χ2v) is 6.42. The molecule has 0 atom stereocenters. The molecule has 2 N–H and O–H groups in total. The maximum Gasteiger partial charge on any atom is 0.248 e. The molecule has 5 nitrogen and oxygen atoms in total. The van der Waals surface area contributed by atoms with Crippen molar-refractivity contribution >= 4 is 17.2 Å². The molecule has 0 saturated heterocycles. The summed E-state index contributed by atoms with van der Waals surface area (Å²) < 4.78 is 5.96. The van der Waals surface area contributed by atoms with Crippen LogP contribution in [0.3, 0.4) is 0 Å². The molecule has 1 heterocycles. The summed E-state index contributed by atoms with van der Waals surface area (Å²) in [5, 5.41) is 0. The van der Waals surface area contributed by atoms with Crippen LogP contribution in [-0.2, 0) is 0 Å². The number of nitrogens with zero attached hydrogens (tertiary/aromatic N) is 3. The van der Waals surface area contributed by atoms with Gasteiger partial charge in [-0.2, -0.15) is 4.98 Å². The lowest BCUT2D eigenvalue weighted by Gasteiger charge is -2.24.